The summed E-state index contributed by atoms with van der Waals surface area (Å²) in [5.41, 5.74) is 6.64. The largest absolute Gasteiger partial charge is 0.384 e. The first-order chi connectivity index (χ1) is 9.92. The number of anilines is 1. The minimum atomic E-state index is -0.520. The highest BCUT2D eigenvalue weighted by Crippen LogP contribution is 2.22. The Kier molecular flexibility index (Phi) is 4.57. The van der Waals surface area contributed by atoms with Gasteiger partial charge in [-0.15, -0.1) is 11.3 Å². The Morgan fingerprint density at radius 3 is 2.81 bits per heavy atom. The summed E-state index contributed by atoms with van der Waals surface area (Å²) in [6.07, 6.45) is 3.50. The third-order valence-corrected chi connectivity index (χ3v) is 4.16. The van der Waals surface area contributed by atoms with E-state index in [1.54, 1.807) is 18.3 Å². The van der Waals surface area contributed by atoms with E-state index in [0.29, 0.717) is 11.4 Å². The van der Waals surface area contributed by atoms with E-state index in [1.165, 1.54) is 11.3 Å². The Bertz CT molecular complexity index is 623. The topological polar surface area (TPSA) is 80.9 Å². The number of amides is 1. The average Bonchev–Trinajstić information content (AvgIpc) is 2.92. The molecule has 0 bridgehead atoms. The van der Waals surface area contributed by atoms with Crippen LogP contribution in [-0.2, 0) is 12.0 Å². The number of carbonyl (C=O) groups is 1. The predicted molar refractivity (Wildman–Crippen MR) is 85.3 cm³/mol. The molecule has 2 aromatic heterocycles. The average molecular weight is 304 g/mol. The molecule has 0 spiro atoms. The maximum absolute atomic E-state index is 12.4. The van der Waals surface area contributed by atoms with Gasteiger partial charge in [-0.3, -0.25) is 4.79 Å². The van der Waals surface area contributed by atoms with E-state index < -0.39 is 5.54 Å². The van der Waals surface area contributed by atoms with Gasteiger partial charge in [0.2, 0.25) is 0 Å². The maximum Gasteiger partial charge on any atom is 0.252 e. The molecule has 0 saturated carbocycles. The number of hydrogen-bond donors (Lipinski definition) is 2. The summed E-state index contributed by atoms with van der Waals surface area (Å²) in [6.45, 7) is 5.93. The Morgan fingerprint density at radius 1 is 1.43 bits per heavy atom. The van der Waals surface area contributed by atoms with Gasteiger partial charge in [-0.25, -0.2) is 9.97 Å². The molecule has 3 N–H and O–H groups in total. The van der Waals surface area contributed by atoms with E-state index >= 15 is 0 Å². The van der Waals surface area contributed by atoms with Gasteiger partial charge < -0.3 is 11.1 Å². The van der Waals surface area contributed by atoms with E-state index in [4.69, 9.17) is 5.73 Å². The minimum Gasteiger partial charge on any atom is -0.384 e. The molecule has 0 fully saturated rings. The van der Waals surface area contributed by atoms with Gasteiger partial charge in [-0.1, -0.05) is 13.3 Å². The van der Waals surface area contributed by atoms with Gasteiger partial charge in [0, 0.05) is 22.8 Å². The maximum atomic E-state index is 12.4. The zero-order chi connectivity index (χ0) is 15.5. The van der Waals surface area contributed by atoms with Crippen LogP contribution >= 0.6 is 11.3 Å². The first-order valence-electron chi connectivity index (χ1n) is 6.91. The van der Waals surface area contributed by atoms with Crippen molar-refractivity contribution in [3.05, 3.63) is 40.0 Å². The number of aryl methyl sites for hydroxylation is 1. The van der Waals surface area contributed by atoms with Crippen LogP contribution < -0.4 is 11.1 Å². The van der Waals surface area contributed by atoms with Crippen LogP contribution in [0.4, 0.5) is 5.82 Å². The number of pyridine rings is 1. The van der Waals surface area contributed by atoms with Crippen molar-refractivity contribution in [3.8, 4) is 0 Å². The first-order valence-corrected chi connectivity index (χ1v) is 7.79. The number of rotatable bonds is 5. The number of nitrogens with zero attached hydrogens (tertiary/aromatic N) is 2. The molecule has 112 valence electrons. The van der Waals surface area contributed by atoms with Crippen LogP contribution in [0, 0.1) is 0 Å². The van der Waals surface area contributed by atoms with Gasteiger partial charge in [0.05, 0.1) is 5.54 Å². The standard InChI is InChI=1S/C15H20N4OS/c1-4-5-11-8-10(9-12(16)18-11)13(20)19-15(2,3)14-17-6-7-21-14/h6-9H,4-5H2,1-3H3,(H2,16,18)(H,19,20). The molecule has 21 heavy (non-hydrogen) atoms. The highest BCUT2D eigenvalue weighted by Gasteiger charge is 2.26. The highest BCUT2D eigenvalue weighted by atomic mass is 32.1. The smallest absolute Gasteiger partial charge is 0.252 e. The quantitative estimate of drug-likeness (QED) is 0.890. The lowest BCUT2D eigenvalue weighted by Gasteiger charge is -2.24. The van der Waals surface area contributed by atoms with Gasteiger partial charge >= 0.3 is 0 Å². The molecule has 0 unspecified atom stereocenters. The lowest BCUT2D eigenvalue weighted by Crippen LogP contribution is -2.41. The van der Waals surface area contributed by atoms with Gasteiger partial charge in [0.1, 0.15) is 10.8 Å². The molecular formula is C15H20N4OS. The highest BCUT2D eigenvalue weighted by molar-refractivity contribution is 7.09. The number of carbonyl (C=O) groups excluding carboxylic acids is 1. The van der Waals surface area contributed by atoms with E-state index in [-0.39, 0.29) is 5.91 Å². The van der Waals surface area contributed by atoms with Crippen LogP contribution in [0.2, 0.25) is 0 Å². The van der Waals surface area contributed by atoms with Gasteiger partial charge in [-0.05, 0) is 32.4 Å². The van der Waals surface area contributed by atoms with Crippen LogP contribution in [0.15, 0.2) is 23.7 Å². The summed E-state index contributed by atoms with van der Waals surface area (Å²) in [5.74, 6) is 0.208. The van der Waals surface area contributed by atoms with Crippen LogP contribution in [0.5, 0.6) is 0 Å². The van der Waals surface area contributed by atoms with Crippen LogP contribution in [0.25, 0.3) is 0 Å². The van der Waals surface area contributed by atoms with Crippen LogP contribution in [0.1, 0.15) is 48.3 Å². The second kappa shape index (κ2) is 6.22. The minimum absolute atomic E-state index is 0.165. The number of nitrogen functional groups attached to an aromatic ring is 1. The van der Waals surface area contributed by atoms with E-state index in [0.717, 1.165) is 23.5 Å². The summed E-state index contributed by atoms with van der Waals surface area (Å²) in [7, 11) is 0. The van der Waals surface area contributed by atoms with Crippen molar-refractivity contribution >= 4 is 23.1 Å². The molecule has 0 radical (unpaired) electrons. The Balaban J connectivity index is 2.20. The molecule has 2 rings (SSSR count). The predicted octanol–water partition coefficient (Wildman–Crippen LogP) is 2.74. The summed E-state index contributed by atoms with van der Waals surface area (Å²) in [4.78, 5) is 21.0. The van der Waals surface area contributed by atoms with Crippen LogP contribution in [-0.4, -0.2) is 15.9 Å². The number of nitrogens with two attached hydrogens (primary N) is 1. The Hall–Kier alpha value is -1.95. The van der Waals surface area contributed by atoms with Crippen molar-refractivity contribution in [2.45, 2.75) is 39.2 Å². The zero-order valence-corrected chi connectivity index (χ0v) is 13.3. The Labute approximate surface area is 128 Å². The van der Waals surface area contributed by atoms with Crippen molar-refractivity contribution < 1.29 is 4.79 Å². The lowest BCUT2D eigenvalue weighted by atomic mass is 10.1. The fourth-order valence-corrected chi connectivity index (χ4v) is 2.79. The lowest BCUT2D eigenvalue weighted by molar-refractivity contribution is 0.0911. The molecular weight excluding hydrogens is 284 g/mol. The van der Waals surface area contributed by atoms with Crippen molar-refractivity contribution in [1.29, 1.82) is 0 Å². The zero-order valence-electron chi connectivity index (χ0n) is 12.5. The number of aromatic nitrogens is 2. The summed E-state index contributed by atoms with van der Waals surface area (Å²) >= 11 is 1.52. The number of hydrogen-bond acceptors (Lipinski definition) is 5. The fourth-order valence-electron chi connectivity index (χ4n) is 2.07. The summed E-state index contributed by atoms with van der Waals surface area (Å²) in [5, 5.41) is 5.76. The number of thiazole rings is 1. The third kappa shape index (κ3) is 3.78. The summed E-state index contributed by atoms with van der Waals surface area (Å²) < 4.78 is 0. The first kappa shape index (κ1) is 15.4. The second-order valence-corrected chi connectivity index (χ2v) is 6.33. The molecule has 5 nitrogen and oxygen atoms in total. The van der Waals surface area contributed by atoms with Crippen molar-refractivity contribution in [2.75, 3.05) is 5.73 Å². The van der Waals surface area contributed by atoms with E-state index in [9.17, 15) is 4.79 Å². The number of nitrogens with one attached hydrogen (secondary N) is 1. The Morgan fingerprint density at radius 2 is 2.19 bits per heavy atom. The van der Waals surface area contributed by atoms with Crippen molar-refractivity contribution in [3.63, 3.8) is 0 Å². The second-order valence-electron chi connectivity index (χ2n) is 5.44. The van der Waals surface area contributed by atoms with Gasteiger partial charge in [0.15, 0.2) is 0 Å². The molecule has 2 heterocycles. The molecule has 0 atom stereocenters. The fraction of sp³-hybridized carbons (Fsp3) is 0.400. The monoisotopic (exact) mass is 304 g/mol. The van der Waals surface area contributed by atoms with E-state index in [1.807, 2.05) is 19.2 Å². The SMILES string of the molecule is CCCc1cc(C(=O)NC(C)(C)c2nccs2)cc(N)n1. The molecule has 2 aromatic rings. The molecule has 1 amide bonds. The van der Waals surface area contributed by atoms with Gasteiger partial charge in [-0.2, -0.15) is 0 Å². The molecule has 0 aliphatic carbocycles. The molecule has 0 aromatic carbocycles. The van der Waals surface area contributed by atoms with Crippen LogP contribution in [0.3, 0.4) is 0 Å². The van der Waals surface area contributed by atoms with Crippen molar-refractivity contribution in [1.82, 2.24) is 15.3 Å². The normalized spacial score (nSPS) is 11.4. The summed E-state index contributed by atoms with van der Waals surface area (Å²) in [6, 6.07) is 3.40. The van der Waals surface area contributed by atoms with E-state index in [2.05, 4.69) is 22.2 Å². The molecule has 0 saturated heterocycles. The third-order valence-electron chi connectivity index (χ3n) is 3.06. The molecule has 6 heteroatoms. The van der Waals surface area contributed by atoms with Gasteiger partial charge in [0.25, 0.3) is 5.91 Å². The molecule has 0 aliphatic heterocycles. The molecule has 0 aliphatic rings. The van der Waals surface area contributed by atoms with Crippen molar-refractivity contribution in [2.24, 2.45) is 0 Å².